The Morgan fingerprint density at radius 1 is 1.17 bits per heavy atom. The topological polar surface area (TPSA) is 108 Å². The van der Waals surface area contributed by atoms with Crippen molar-refractivity contribution < 1.29 is 19.5 Å². The second-order valence-electron chi connectivity index (χ2n) is 8.83. The second kappa shape index (κ2) is 16.6. The van der Waals surface area contributed by atoms with Crippen LogP contribution in [0.5, 0.6) is 0 Å². The van der Waals surface area contributed by atoms with Gasteiger partial charge in [0.05, 0.1) is 22.9 Å². The van der Waals surface area contributed by atoms with Gasteiger partial charge in [-0.2, -0.15) is 9.59 Å². The summed E-state index contributed by atoms with van der Waals surface area (Å²) in [6.07, 6.45) is 16.0. The first-order chi connectivity index (χ1) is 17.5. The molecule has 1 aromatic carbocycles. The molecule has 194 valence electrons. The summed E-state index contributed by atoms with van der Waals surface area (Å²) in [4.78, 5) is 30.3. The van der Waals surface area contributed by atoms with E-state index in [1.807, 2.05) is 12.3 Å². The van der Waals surface area contributed by atoms with E-state index in [0.29, 0.717) is 6.54 Å². The van der Waals surface area contributed by atoms with Crippen LogP contribution in [-0.4, -0.2) is 35.3 Å². The molecule has 3 N–H and O–H groups in total. The average molecular weight is 514 g/mol. The van der Waals surface area contributed by atoms with E-state index in [1.54, 1.807) is 6.92 Å². The molecule has 2 heterocycles. The maximum absolute atomic E-state index is 9.37. The normalized spacial score (nSPS) is 15.3. The van der Waals surface area contributed by atoms with E-state index < -0.39 is 5.97 Å². The number of pyridine rings is 1. The van der Waals surface area contributed by atoms with Gasteiger partial charge in [0.25, 0.3) is 0 Å². The van der Waals surface area contributed by atoms with Gasteiger partial charge in [-0.25, -0.2) is 0 Å². The number of aliphatic carboxylic acids is 1. The van der Waals surface area contributed by atoms with Crippen LogP contribution in [0.3, 0.4) is 0 Å². The molecule has 2 aromatic rings. The Morgan fingerprint density at radius 3 is 2.50 bits per heavy atom. The first-order valence-corrected chi connectivity index (χ1v) is 12.9. The number of nitrogens with zero attached hydrogens (tertiary/aromatic N) is 1. The number of halogens is 1. The van der Waals surface area contributed by atoms with Gasteiger partial charge in [0.1, 0.15) is 0 Å². The number of fused-ring (bicyclic) bond motifs is 1. The molecule has 0 radical (unpaired) electrons. The zero-order chi connectivity index (χ0) is 26.2. The van der Waals surface area contributed by atoms with Gasteiger partial charge in [-0.15, -0.1) is 0 Å². The number of aromatic nitrogens is 1. The van der Waals surface area contributed by atoms with Crippen LogP contribution >= 0.6 is 11.6 Å². The number of hydrogen-bond donors (Lipinski definition) is 3. The Labute approximate surface area is 218 Å². The molecule has 1 aliphatic heterocycles. The highest BCUT2D eigenvalue weighted by Gasteiger charge is 2.15. The fourth-order valence-electron chi connectivity index (χ4n) is 4.33. The minimum Gasteiger partial charge on any atom is -0.481 e. The fourth-order valence-corrected chi connectivity index (χ4v) is 4.57. The van der Waals surface area contributed by atoms with Gasteiger partial charge in [0, 0.05) is 12.6 Å². The number of allylic oxidation sites excluding steroid dienone is 1. The summed E-state index contributed by atoms with van der Waals surface area (Å²) in [6, 6.07) is 8.47. The van der Waals surface area contributed by atoms with Crippen LogP contribution in [0.1, 0.15) is 67.8 Å². The summed E-state index contributed by atoms with van der Waals surface area (Å²) in [6.45, 7) is 4.33. The van der Waals surface area contributed by atoms with Gasteiger partial charge in [0.2, 0.25) is 0 Å². The van der Waals surface area contributed by atoms with Crippen molar-refractivity contribution in [3.05, 3.63) is 63.9 Å². The van der Waals surface area contributed by atoms with Crippen molar-refractivity contribution in [2.24, 2.45) is 5.92 Å². The van der Waals surface area contributed by atoms with Gasteiger partial charge < -0.3 is 15.7 Å². The van der Waals surface area contributed by atoms with Crippen LogP contribution in [0.2, 0.25) is 5.02 Å². The van der Waals surface area contributed by atoms with E-state index in [9.17, 15) is 4.79 Å². The van der Waals surface area contributed by atoms with Crippen LogP contribution in [0.25, 0.3) is 6.08 Å². The molecular formula is C28H36ClN3O4. The second-order valence-corrected chi connectivity index (χ2v) is 9.24. The molecule has 36 heavy (non-hydrogen) atoms. The van der Waals surface area contributed by atoms with Crippen LogP contribution in [0.15, 0.2) is 36.5 Å². The molecule has 2 aliphatic rings. The molecule has 0 bridgehead atoms. The van der Waals surface area contributed by atoms with Crippen molar-refractivity contribution in [1.82, 2.24) is 10.3 Å². The summed E-state index contributed by atoms with van der Waals surface area (Å²) in [7, 11) is 0. The summed E-state index contributed by atoms with van der Waals surface area (Å²) < 4.78 is 0. The van der Waals surface area contributed by atoms with Crippen molar-refractivity contribution in [2.45, 2.75) is 64.8 Å². The largest absolute Gasteiger partial charge is 0.481 e. The Bertz CT molecular complexity index is 1010. The lowest BCUT2D eigenvalue weighted by atomic mass is 9.89. The summed E-state index contributed by atoms with van der Waals surface area (Å²) in [5.41, 5.74) is 6.05. The van der Waals surface area contributed by atoms with Crippen molar-refractivity contribution in [1.29, 1.82) is 0 Å². The van der Waals surface area contributed by atoms with E-state index >= 15 is 0 Å². The zero-order valence-corrected chi connectivity index (χ0v) is 21.7. The molecule has 1 saturated carbocycles. The van der Waals surface area contributed by atoms with E-state index in [4.69, 9.17) is 26.3 Å². The lowest BCUT2D eigenvalue weighted by molar-refractivity contribution is -0.191. The third-order valence-corrected chi connectivity index (χ3v) is 6.60. The molecule has 1 aromatic heterocycles. The van der Waals surface area contributed by atoms with Crippen molar-refractivity contribution in [3.63, 3.8) is 0 Å². The summed E-state index contributed by atoms with van der Waals surface area (Å²) >= 11 is 6.51. The van der Waals surface area contributed by atoms with Gasteiger partial charge in [-0.1, -0.05) is 62.1 Å². The molecule has 1 fully saturated rings. The number of rotatable bonds is 6. The van der Waals surface area contributed by atoms with Crippen molar-refractivity contribution >= 4 is 35.5 Å². The Hall–Kier alpha value is -2.99. The van der Waals surface area contributed by atoms with Gasteiger partial charge in [-0.05, 0) is 73.5 Å². The number of nitrogens with one attached hydrogen (secondary N) is 2. The number of carboxylic acid groups (broad SMARTS) is 1. The van der Waals surface area contributed by atoms with Gasteiger partial charge in [-0.3, -0.25) is 9.78 Å². The predicted octanol–water partition coefficient (Wildman–Crippen LogP) is 5.53. The molecule has 0 unspecified atom stereocenters. The summed E-state index contributed by atoms with van der Waals surface area (Å²) in [5.74, 6) is 0.00469. The number of carbonyl (C=O) groups excluding carboxylic acids is 2. The lowest BCUT2D eigenvalue weighted by Gasteiger charge is -2.17. The predicted molar refractivity (Wildman–Crippen MR) is 142 cm³/mol. The van der Waals surface area contributed by atoms with E-state index in [0.717, 1.165) is 48.3 Å². The third kappa shape index (κ3) is 10.3. The third-order valence-electron chi connectivity index (χ3n) is 6.29. The molecule has 0 saturated heterocycles. The number of benzene rings is 1. The maximum atomic E-state index is 9.37. The molecular weight excluding hydrogens is 478 g/mol. The molecule has 7 nitrogen and oxygen atoms in total. The Balaban J connectivity index is 0.000000501. The lowest BCUT2D eigenvalue weighted by Crippen LogP contribution is -2.16. The number of hydrogen-bond acceptors (Lipinski definition) is 6. The highest BCUT2D eigenvalue weighted by atomic mass is 35.5. The van der Waals surface area contributed by atoms with Crippen molar-refractivity contribution in [2.75, 3.05) is 18.4 Å². The molecule has 8 heteroatoms. The zero-order valence-electron chi connectivity index (χ0n) is 20.9. The SMILES string of the molecule is CCC(=O)O.Clc1ccc2c(c1NCc1ccc(/C=C\C3CCCCC3)cn1)CCNCC2.O=C=O. The first kappa shape index (κ1) is 29.2. The highest BCUT2D eigenvalue weighted by Crippen LogP contribution is 2.31. The molecule has 0 amide bonds. The quantitative estimate of drug-likeness (QED) is 0.466. The van der Waals surface area contributed by atoms with E-state index in [2.05, 4.69) is 46.0 Å². The minimum absolute atomic E-state index is 0.222. The van der Waals surface area contributed by atoms with Gasteiger partial charge >= 0.3 is 12.1 Å². The molecule has 1 aliphatic carbocycles. The molecule has 0 atom stereocenters. The number of carboxylic acids is 1. The van der Waals surface area contributed by atoms with Crippen LogP contribution < -0.4 is 10.6 Å². The highest BCUT2D eigenvalue weighted by molar-refractivity contribution is 6.33. The monoisotopic (exact) mass is 513 g/mol. The molecule has 4 rings (SSSR count). The van der Waals surface area contributed by atoms with Crippen LogP contribution in [-0.2, 0) is 33.8 Å². The standard InChI is InChI=1S/C24H30ClN3.C3H6O2.CO2/c25-23-11-9-20-12-14-26-15-13-22(20)24(23)28-17-21-10-8-19(16-27-21)7-6-18-4-2-1-3-5-18;1-2-3(4)5;2-1-3/h6-11,16,18,26,28H,1-5,12-15,17H2;2H2,1H3,(H,4,5);/b7-6-;;. The summed E-state index contributed by atoms with van der Waals surface area (Å²) in [5, 5.41) is 15.5. The van der Waals surface area contributed by atoms with Crippen molar-refractivity contribution in [3.8, 4) is 0 Å². The van der Waals surface area contributed by atoms with E-state index in [-0.39, 0.29) is 12.6 Å². The maximum Gasteiger partial charge on any atom is 0.373 e. The average Bonchev–Trinajstić information content (AvgIpc) is 3.15. The minimum atomic E-state index is -0.745. The Morgan fingerprint density at radius 2 is 1.86 bits per heavy atom. The Kier molecular flexibility index (Phi) is 13.5. The van der Waals surface area contributed by atoms with E-state index in [1.165, 1.54) is 48.8 Å². The number of carbonyl (C=O) groups is 1. The smallest absolute Gasteiger partial charge is 0.373 e. The van der Waals surface area contributed by atoms with Gasteiger partial charge in [0.15, 0.2) is 0 Å². The van der Waals surface area contributed by atoms with Crippen LogP contribution in [0.4, 0.5) is 5.69 Å². The number of anilines is 1. The first-order valence-electron chi connectivity index (χ1n) is 12.6. The fraction of sp³-hybridized carbons (Fsp3) is 0.464. The molecule has 0 spiro atoms. The van der Waals surface area contributed by atoms with Crippen LogP contribution in [0, 0.1) is 5.92 Å².